The van der Waals surface area contributed by atoms with Crippen LogP contribution in [-0.2, 0) is 13.1 Å². The molecule has 0 radical (unpaired) electrons. The zero-order chi connectivity index (χ0) is 13.1. The van der Waals surface area contributed by atoms with Gasteiger partial charge in [0.2, 0.25) is 5.89 Å². The Morgan fingerprint density at radius 2 is 2.11 bits per heavy atom. The molecule has 3 nitrogen and oxygen atoms in total. The van der Waals surface area contributed by atoms with Gasteiger partial charge in [-0.2, -0.15) is 0 Å². The van der Waals surface area contributed by atoms with E-state index in [2.05, 4.69) is 10.3 Å². The number of benzene rings is 1. The fourth-order valence-electron chi connectivity index (χ4n) is 1.58. The van der Waals surface area contributed by atoms with E-state index in [1.54, 1.807) is 12.1 Å². The first-order valence-corrected chi connectivity index (χ1v) is 6.01. The molecule has 1 aromatic heterocycles. The first-order chi connectivity index (χ1) is 8.56. The van der Waals surface area contributed by atoms with Gasteiger partial charge >= 0.3 is 0 Å². The first-order valence-electron chi connectivity index (χ1n) is 5.64. The Labute approximate surface area is 110 Å². The molecule has 2 aromatic rings. The van der Waals surface area contributed by atoms with Crippen molar-refractivity contribution in [3.05, 3.63) is 51.9 Å². The van der Waals surface area contributed by atoms with Gasteiger partial charge < -0.3 is 9.73 Å². The molecule has 1 N–H and O–H groups in total. The fraction of sp³-hybridized carbons (Fsp3) is 0.308. The summed E-state index contributed by atoms with van der Waals surface area (Å²) in [6.45, 7) is 4.82. The van der Waals surface area contributed by atoms with Gasteiger partial charge in [0.05, 0.1) is 17.3 Å². The maximum atomic E-state index is 13.2. The van der Waals surface area contributed by atoms with Crippen LogP contribution in [0.4, 0.5) is 4.39 Å². The molecule has 0 bridgehead atoms. The van der Waals surface area contributed by atoms with Crippen molar-refractivity contribution < 1.29 is 8.81 Å². The van der Waals surface area contributed by atoms with Crippen LogP contribution < -0.4 is 5.32 Å². The predicted octanol–water partition coefficient (Wildman–Crippen LogP) is 3.37. The van der Waals surface area contributed by atoms with Crippen molar-refractivity contribution >= 4 is 11.6 Å². The maximum Gasteiger partial charge on any atom is 0.208 e. The van der Waals surface area contributed by atoms with Gasteiger partial charge in [-0.05, 0) is 31.5 Å². The SMILES string of the molecule is Cc1nc(CNCc2ccc(Cl)c(F)c2)oc1C. The van der Waals surface area contributed by atoms with Crippen molar-refractivity contribution in [2.75, 3.05) is 0 Å². The monoisotopic (exact) mass is 268 g/mol. The average molecular weight is 269 g/mol. The molecule has 1 aromatic carbocycles. The van der Waals surface area contributed by atoms with Crippen LogP contribution in [0.1, 0.15) is 22.9 Å². The minimum atomic E-state index is -0.404. The molecule has 0 aliphatic rings. The molecule has 5 heteroatoms. The van der Waals surface area contributed by atoms with Crippen LogP contribution in [0, 0.1) is 19.7 Å². The Balaban J connectivity index is 1.90. The van der Waals surface area contributed by atoms with E-state index in [1.165, 1.54) is 6.07 Å². The quantitative estimate of drug-likeness (QED) is 0.924. The molecule has 0 amide bonds. The van der Waals surface area contributed by atoms with Crippen molar-refractivity contribution in [2.45, 2.75) is 26.9 Å². The van der Waals surface area contributed by atoms with Crippen molar-refractivity contribution in [3.8, 4) is 0 Å². The number of hydrogen-bond donors (Lipinski definition) is 1. The van der Waals surface area contributed by atoms with E-state index in [0.29, 0.717) is 19.0 Å². The number of rotatable bonds is 4. The molecular weight excluding hydrogens is 255 g/mol. The topological polar surface area (TPSA) is 38.1 Å². The summed E-state index contributed by atoms with van der Waals surface area (Å²) in [5.41, 5.74) is 1.72. The molecule has 0 atom stereocenters. The van der Waals surface area contributed by atoms with Crippen molar-refractivity contribution in [3.63, 3.8) is 0 Å². The van der Waals surface area contributed by atoms with E-state index < -0.39 is 5.82 Å². The van der Waals surface area contributed by atoms with E-state index in [-0.39, 0.29) is 5.02 Å². The predicted molar refractivity (Wildman–Crippen MR) is 67.9 cm³/mol. The van der Waals surface area contributed by atoms with E-state index in [0.717, 1.165) is 17.0 Å². The summed E-state index contributed by atoms with van der Waals surface area (Å²) in [6, 6.07) is 4.75. The zero-order valence-corrected chi connectivity index (χ0v) is 11.0. The van der Waals surface area contributed by atoms with Gasteiger partial charge in [-0.3, -0.25) is 0 Å². The Kier molecular flexibility index (Phi) is 3.99. The van der Waals surface area contributed by atoms with Gasteiger partial charge in [-0.15, -0.1) is 0 Å². The molecule has 0 unspecified atom stereocenters. The number of aryl methyl sites for hydroxylation is 2. The summed E-state index contributed by atoms with van der Waals surface area (Å²) in [7, 11) is 0. The van der Waals surface area contributed by atoms with E-state index in [4.69, 9.17) is 16.0 Å². The normalized spacial score (nSPS) is 10.9. The van der Waals surface area contributed by atoms with Crippen molar-refractivity contribution in [1.82, 2.24) is 10.3 Å². The van der Waals surface area contributed by atoms with Gasteiger partial charge in [0, 0.05) is 6.54 Å². The third kappa shape index (κ3) is 3.09. The Hall–Kier alpha value is -1.39. The largest absolute Gasteiger partial charge is 0.444 e. The minimum Gasteiger partial charge on any atom is -0.444 e. The van der Waals surface area contributed by atoms with Gasteiger partial charge in [0.1, 0.15) is 11.6 Å². The number of halogens is 2. The Morgan fingerprint density at radius 1 is 1.33 bits per heavy atom. The van der Waals surface area contributed by atoms with E-state index >= 15 is 0 Å². The molecule has 0 fully saturated rings. The lowest BCUT2D eigenvalue weighted by Crippen LogP contribution is -2.13. The molecule has 0 aliphatic heterocycles. The van der Waals surface area contributed by atoms with Crippen molar-refractivity contribution in [2.24, 2.45) is 0 Å². The molecular formula is C13H14ClFN2O. The van der Waals surface area contributed by atoms with Gasteiger partial charge in [-0.25, -0.2) is 9.37 Å². The lowest BCUT2D eigenvalue weighted by molar-refractivity contribution is 0.448. The number of hydrogen-bond acceptors (Lipinski definition) is 3. The Morgan fingerprint density at radius 3 is 2.72 bits per heavy atom. The zero-order valence-electron chi connectivity index (χ0n) is 10.3. The van der Waals surface area contributed by atoms with Crippen LogP contribution in [0.5, 0.6) is 0 Å². The average Bonchev–Trinajstić information content (AvgIpc) is 2.63. The van der Waals surface area contributed by atoms with Crippen LogP contribution in [0.25, 0.3) is 0 Å². The number of nitrogens with one attached hydrogen (secondary N) is 1. The number of oxazole rings is 1. The molecule has 2 rings (SSSR count). The molecule has 1 heterocycles. The fourth-order valence-corrected chi connectivity index (χ4v) is 1.70. The van der Waals surface area contributed by atoms with Crippen LogP contribution in [0.3, 0.4) is 0 Å². The summed E-state index contributed by atoms with van der Waals surface area (Å²) in [4.78, 5) is 4.25. The summed E-state index contributed by atoms with van der Waals surface area (Å²) < 4.78 is 18.6. The highest BCUT2D eigenvalue weighted by molar-refractivity contribution is 6.30. The van der Waals surface area contributed by atoms with E-state index in [1.807, 2.05) is 13.8 Å². The second kappa shape index (κ2) is 5.50. The lowest BCUT2D eigenvalue weighted by atomic mass is 10.2. The van der Waals surface area contributed by atoms with Gasteiger partial charge in [0.25, 0.3) is 0 Å². The van der Waals surface area contributed by atoms with Gasteiger partial charge in [-0.1, -0.05) is 17.7 Å². The number of aromatic nitrogens is 1. The van der Waals surface area contributed by atoms with Crippen LogP contribution in [-0.4, -0.2) is 4.98 Å². The minimum absolute atomic E-state index is 0.137. The third-order valence-corrected chi connectivity index (χ3v) is 2.97. The summed E-state index contributed by atoms with van der Waals surface area (Å²) in [5, 5.41) is 3.28. The Bertz CT molecular complexity index is 534. The van der Waals surface area contributed by atoms with Crippen LogP contribution >= 0.6 is 11.6 Å². The van der Waals surface area contributed by atoms with Crippen LogP contribution in [0.2, 0.25) is 5.02 Å². The molecule has 0 saturated heterocycles. The van der Waals surface area contributed by atoms with Gasteiger partial charge in [0.15, 0.2) is 0 Å². The first kappa shape index (κ1) is 13.1. The lowest BCUT2D eigenvalue weighted by Gasteiger charge is -2.03. The highest BCUT2D eigenvalue weighted by Crippen LogP contribution is 2.15. The smallest absolute Gasteiger partial charge is 0.208 e. The summed E-state index contributed by atoms with van der Waals surface area (Å²) in [6.07, 6.45) is 0. The molecule has 0 spiro atoms. The molecule has 0 aliphatic carbocycles. The molecule has 18 heavy (non-hydrogen) atoms. The van der Waals surface area contributed by atoms with Crippen molar-refractivity contribution in [1.29, 1.82) is 0 Å². The highest BCUT2D eigenvalue weighted by atomic mass is 35.5. The summed E-state index contributed by atoms with van der Waals surface area (Å²) >= 11 is 5.61. The third-order valence-electron chi connectivity index (χ3n) is 2.66. The van der Waals surface area contributed by atoms with Crippen LogP contribution in [0.15, 0.2) is 22.6 Å². The summed E-state index contributed by atoms with van der Waals surface area (Å²) in [5.74, 6) is 1.06. The second-order valence-electron chi connectivity index (χ2n) is 4.10. The second-order valence-corrected chi connectivity index (χ2v) is 4.51. The highest BCUT2D eigenvalue weighted by Gasteiger charge is 2.05. The molecule has 0 saturated carbocycles. The number of nitrogens with zero attached hydrogens (tertiary/aromatic N) is 1. The maximum absolute atomic E-state index is 13.2. The molecule has 96 valence electrons. The standard InChI is InChI=1S/C13H14ClFN2O/c1-8-9(2)18-13(17-8)7-16-6-10-3-4-11(14)12(15)5-10/h3-5,16H,6-7H2,1-2H3. The van der Waals surface area contributed by atoms with E-state index in [9.17, 15) is 4.39 Å².